The summed E-state index contributed by atoms with van der Waals surface area (Å²) in [5, 5.41) is 4.36. The molecule has 1 unspecified atom stereocenters. The van der Waals surface area contributed by atoms with Crippen molar-refractivity contribution in [1.29, 1.82) is 0 Å². The number of nitrogens with one attached hydrogen (secondary N) is 1. The van der Waals surface area contributed by atoms with Gasteiger partial charge in [0, 0.05) is 17.8 Å². The van der Waals surface area contributed by atoms with Crippen molar-refractivity contribution in [3.8, 4) is 0 Å². The van der Waals surface area contributed by atoms with E-state index in [1.54, 1.807) is 11.3 Å². The van der Waals surface area contributed by atoms with Crippen molar-refractivity contribution in [3.63, 3.8) is 0 Å². The van der Waals surface area contributed by atoms with Crippen molar-refractivity contribution >= 4 is 27.3 Å². The van der Waals surface area contributed by atoms with Crippen LogP contribution in [0.3, 0.4) is 0 Å². The first-order chi connectivity index (χ1) is 9.28. The second-order valence-electron chi connectivity index (χ2n) is 5.11. The Morgan fingerprint density at radius 1 is 1.47 bits per heavy atom. The standard InChI is InChI=1S/C15H18N2OS/c1-16-9-11-6-7-17(10-11)15(18)14-8-12-4-2-3-5-13(12)19-14/h2-5,8,11,16H,6-7,9-10H2,1H3. The van der Waals surface area contributed by atoms with Crippen molar-refractivity contribution in [2.24, 2.45) is 5.92 Å². The summed E-state index contributed by atoms with van der Waals surface area (Å²) in [5.74, 6) is 0.795. The number of carbonyl (C=O) groups is 1. The maximum atomic E-state index is 12.5. The molecule has 100 valence electrons. The summed E-state index contributed by atoms with van der Waals surface area (Å²) >= 11 is 1.60. The average molecular weight is 274 g/mol. The highest BCUT2D eigenvalue weighted by Crippen LogP contribution is 2.27. The third kappa shape index (κ3) is 2.51. The minimum absolute atomic E-state index is 0.194. The Morgan fingerprint density at radius 3 is 3.11 bits per heavy atom. The third-order valence-electron chi connectivity index (χ3n) is 3.70. The van der Waals surface area contributed by atoms with Gasteiger partial charge in [0.15, 0.2) is 0 Å². The lowest BCUT2D eigenvalue weighted by Crippen LogP contribution is -2.29. The first kappa shape index (κ1) is 12.6. The predicted octanol–water partition coefficient (Wildman–Crippen LogP) is 2.58. The van der Waals surface area contributed by atoms with Gasteiger partial charge >= 0.3 is 0 Å². The van der Waals surface area contributed by atoms with Crippen LogP contribution in [-0.2, 0) is 0 Å². The molecule has 0 spiro atoms. The highest BCUT2D eigenvalue weighted by molar-refractivity contribution is 7.20. The molecule has 1 aromatic carbocycles. The van der Waals surface area contributed by atoms with Crippen molar-refractivity contribution in [1.82, 2.24) is 10.2 Å². The van der Waals surface area contributed by atoms with Crippen molar-refractivity contribution in [2.75, 3.05) is 26.7 Å². The number of amides is 1. The first-order valence-corrected chi connectivity index (χ1v) is 7.52. The second-order valence-corrected chi connectivity index (χ2v) is 6.20. The zero-order valence-electron chi connectivity index (χ0n) is 11.1. The van der Waals surface area contributed by atoms with Gasteiger partial charge in [-0.1, -0.05) is 18.2 Å². The van der Waals surface area contributed by atoms with E-state index in [0.717, 1.165) is 30.9 Å². The highest BCUT2D eigenvalue weighted by atomic mass is 32.1. The Labute approximate surface area is 117 Å². The molecule has 2 aromatic rings. The van der Waals surface area contributed by atoms with Crippen LogP contribution in [0.1, 0.15) is 16.1 Å². The van der Waals surface area contributed by atoms with E-state index in [4.69, 9.17) is 0 Å². The molecule has 1 fully saturated rings. The van der Waals surface area contributed by atoms with Gasteiger partial charge in [-0.25, -0.2) is 0 Å². The molecule has 1 saturated heterocycles. The third-order valence-corrected chi connectivity index (χ3v) is 4.81. The quantitative estimate of drug-likeness (QED) is 0.933. The van der Waals surface area contributed by atoms with Gasteiger partial charge in [0.1, 0.15) is 0 Å². The summed E-state index contributed by atoms with van der Waals surface area (Å²) in [6.07, 6.45) is 1.11. The van der Waals surface area contributed by atoms with Crippen molar-refractivity contribution in [3.05, 3.63) is 35.2 Å². The number of hydrogen-bond donors (Lipinski definition) is 1. The Bertz CT molecular complexity index is 560. The van der Waals surface area contributed by atoms with E-state index in [1.165, 1.54) is 10.1 Å². The molecule has 1 N–H and O–H groups in total. The molecule has 0 bridgehead atoms. The zero-order valence-corrected chi connectivity index (χ0v) is 11.9. The largest absolute Gasteiger partial charge is 0.338 e. The Hall–Kier alpha value is -1.39. The summed E-state index contributed by atoms with van der Waals surface area (Å²) in [5.41, 5.74) is 0. The Kier molecular flexibility index (Phi) is 3.53. The molecular weight excluding hydrogens is 256 g/mol. The molecule has 0 aliphatic carbocycles. The SMILES string of the molecule is CNCC1CCN(C(=O)c2cc3ccccc3s2)C1. The van der Waals surface area contributed by atoms with Gasteiger partial charge in [-0.15, -0.1) is 11.3 Å². The lowest BCUT2D eigenvalue weighted by Gasteiger charge is -2.15. The van der Waals surface area contributed by atoms with E-state index in [2.05, 4.69) is 17.4 Å². The van der Waals surface area contributed by atoms with Gasteiger partial charge in [0.25, 0.3) is 5.91 Å². The number of thiophene rings is 1. The number of benzene rings is 1. The summed E-state index contributed by atoms with van der Waals surface area (Å²) in [6.45, 7) is 2.77. The molecule has 3 rings (SSSR count). The predicted molar refractivity (Wildman–Crippen MR) is 79.8 cm³/mol. The fourth-order valence-electron chi connectivity index (χ4n) is 2.72. The van der Waals surface area contributed by atoms with E-state index in [0.29, 0.717) is 5.92 Å². The summed E-state index contributed by atoms with van der Waals surface area (Å²) < 4.78 is 1.19. The molecule has 4 heteroatoms. The van der Waals surface area contributed by atoms with E-state index < -0.39 is 0 Å². The molecule has 1 aromatic heterocycles. The number of hydrogen-bond acceptors (Lipinski definition) is 3. The van der Waals surface area contributed by atoms with E-state index in [9.17, 15) is 4.79 Å². The number of carbonyl (C=O) groups excluding carboxylic acids is 1. The van der Waals surface area contributed by atoms with E-state index in [1.807, 2.05) is 30.1 Å². The molecule has 0 saturated carbocycles. The Balaban J connectivity index is 1.77. The van der Waals surface area contributed by atoms with Crippen LogP contribution in [0.4, 0.5) is 0 Å². The zero-order chi connectivity index (χ0) is 13.2. The van der Waals surface area contributed by atoms with Crippen LogP contribution in [0.2, 0.25) is 0 Å². The van der Waals surface area contributed by atoms with Crippen molar-refractivity contribution < 1.29 is 4.79 Å². The number of fused-ring (bicyclic) bond motifs is 1. The normalized spacial score (nSPS) is 19.2. The maximum Gasteiger partial charge on any atom is 0.263 e. The summed E-state index contributed by atoms with van der Waals surface area (Å²) in [4.78, 5) is 15.3. The fraction of sp³-hybridized carbons (Fsp3) is 0.400. The van der Waals surface area contributed by atoms with Crippen LogP contribution < -0.4 is 5.32 Å². The monoisotopic (exact) mass is 274 g/mol. The first-order valence-electron chi connectivity index (χ1n) is 6.70. The van der Waals surface area contributed by atoms with Crippen LogP contribution in [0, 0.1) is 5.92 Å². The topological polar surface area (TPSA) is 32.3 Å². The molecule has 3 nitrogen and oxygen atoms in total. The van der Waals surface area contributed by atoms with Gasteiger partial charge in [-0.05, 0) is 43.5 Å². The summed E-state index contributed by atoms with van der Waals surface area (Å²) in [7, 11) is 1.97. The second kappa shape index (κ2) is 5.31. The minimum atomic E-state index is 0.194. The number of rotatable bonds is 3. The maximum absolute atomic E-state index is 12.5. The highest BCUT2D eigenvalue weighted by Gasteiger charge is 2.27. The average Bonchev–Trinajstić information content (AvgIpc) is 3.04. The number of nitrogens with zero attached hydrogens (tertiary/aromatic N) is 1. The molecule has 1 aliphatic rings. The van der Waals surface area contributed by atoms with Crippen LogP contribution in [0.15, 0.2) is 30.3 Å². The molecule has 0 radical (unpaired) electrons. The lowest BCUT2D eigenvalue weighted by molar-refractivity contribution is 0.0792. The smallest absolute Gasteiger partial charge is 0.263 e. The van der Waals surface area contributed by atoms with E-state index >= 15 is 0 Å². The van der Waals surface area contributed by atoms with Crippen molar-refractivity contribution in [2.45, 2.75) is 6.42 Å². The van der Waals surface area contributed by atoms with Gasteiger partial charge < -0.3 is 10.2 Å². The molecule has 1 aliphatic heterocycles. The van der Waals surface area contributed by atoms with E-state index in [-0.39, 0.29) is 5.91 Å². The van der Waals surface area contributed by atoms with Gasteiger partial charge in [-0.2, -0.15) is 0 Å². The lowest BCUT2D eigenvalue weighted by atomic mass is 10.1. The number of likely N-dealkylation sites (tertiary alicyclic amines) is 1. The molecular formula is C15H18N2OS. The van der Waals surface area contributed by atoms with Gasteiger partial charge in [-0.3, -0.25) is 4.79 Å². The molecule has 2 heterocycles. The molecule has 19 heavy (non-hydrogen) atoms. The molecule has 1 amide bonds. The summed E-state index contributed by atoms with van der Waals surface area (Å²) in [6, 6.07) is 10.2. The van der Waals surface area contributed by atoms with Crippen LogP contribution in [0.25, 0.3) is 10.1 Å². The Morgan fingerprint density at radius 2 is 2.32 bits per heavy atom. The molecule has 1 atom stereocenters. The van der Waals surface area contributed by atoms with Gasteiger partial charge in [0.05, 0.1) is 4.88 Å². The van der Waals surface area contributed by atoms with Crippen LogP contribution in [0.5, 0.6) is 0 Å². The van der Waals surface area contributed by atoms with Crippen LogP contribution in [-0.4, -0.2) is 37.5 Å². The fourth-order valence-corrected chi connectivity index (χ4v) is 3.75. The van der Waals surface area contributed by atoms with Gasteiger partial charge in [0.2, 0.25) is 0 Å². The minimum Gasteiger partial charge on any atom is -0.338 e. The van der Waals surface area contributed by atoms with Crippen LogP contribution >= 0.6 is 11.3 Å².